The van der Waals surface area contributed by atoms with Crippen molar-refractivity contribution in [3.8, 4) is 6.07 Å². The minimum atomic E-state index is -4.80. The van der Waals surface area contributed by atoms with Crippen LogP contribution in [0, 0.1) is 11.3 Å². The Morgan fingerprint density at radius 2 is 1.96 bits per heavy atom. The molecule has 0 aliphatic rings. The van der Waals surface area contributed by atoms with Crippen molar-refractivity contribution in [1.29, 1.82) is 5.26 Å². The van der Waals surface area contributed by atoms with Crippen LogP contribution >= 0.6 is 0 Å². The van der Waals surface area contributed by atoms with E-state index in [1.807, 2.05) is 0 Å². The molecule has 1 N–H and O–H groups in total. The molecule has 10 heteroatoms. The molecular weight excluding hydrogens is 337 g/mol. The molecule has 23 heavy (non-hydrogen) atoms. The van der Waals surface area contributed by atoms with Gasteiger partial charge in [-0.15, -0.1) is 0 Å². The van der Waals surface area contributed by atoms with Crippen LogP contribution < -0.4 is 0 Å². The van der Waals surface area contributed by atoms with E-state index in [-0.39, 0.29) is 0 Å². The number of rotatable bonds is 5. The number of benzene rings is 1. The molecule has 0 bridgehead atoms. The van der Waals surface area contributed by atoms with Crippen molar-refractivity contribution in [2.45, 2.75) is 31.0 Å². The Labute approximate surface area is 130 Å². The van der Waals surface area contributed by atoms with Crippen LogP contribution in [0.15, 0.2) is 23.1 Å². The van der Waals surface area contributed by atoms with Gasteiger partial charge in [0.1, 0.15) is 6.54 Å². The topological polar surface area (TPSA) is 98.5 Å². The van der Waals surface area contributed by atoms with Gasteiger partial charge in [0.15, 0.2) is 0 Å². The Morgan fingerprint density at radius 1 is 1.39 bits per heavy atom. The van der Waals surface area contributed by atoms with E-state index in [1.54, 1.807) is 0 Å². The molecule has 0 fully saturated rings. The molecule has 0 aliphatic carbocycles. The van der Waals surface area contributed by atoms with E-state index in [1.165, 1.54) is 19.9 Å². The number of hydrogen-bond donors (Lipinski definition) is 1. The molecule has 1 aromatic rings. The van der Waals surface area contributed by atoms with E-state index < -0.39 is 50.8 Å². The first kappa shape index (κ1) is 18.9. The van der Waals surface area contributed by atoms with Crippen LogP contribution in [0.1, 0.15) is 25.0 Å². The van der Waals surface area contributed by atoms with Gasteiger partial charge in [0.2, 0.25) is 10.0 Å². The predicted molar refractivity (Wildman–Crippen MR) is 72.8 cm³/mol. The fraction of sp³-hybridized carbons (Fsp3) is 0.385. The van der Waals surface area contributed by atoms with E-state index >= 15 is 0 Å². The summed E-state index contributed by atoms with van der Waals surface area (Å²) in [5.74, 6) is -1.41. The lowest BCUT2D eigenvalue weighted by Gasteiger charge is -2.24. The highest BCUT2D eigenvalue weighted by Gasteiger charge is 2.35. The third kappa shape index (κ3) is 4.20. The average molecular weight is 350 g/mol. The Morgan fingerprint density at radius 3 is 2.35 bits per heavy atom. The lowest BCUT2D eigenvalue weighted by Crippen LogP contribution is -2.40. The summed E-state index contributed by atoms with van der Waals surface area (Å²) in [6.45, 7) is 2.01. The number of carboxylic acid groups (broad SMARTS) is 1. The number of nitrogens with zero attached hydrogens (tertiary/aromatic N) is 2. The second kappa shape index (κ2) is 6.55. The van der Waals surface area contributed by atoms with Crippen LogP contribution in [0.4, 0.5) is 13.2 Å². The van der Waals surface area contributed by atoms with Crippen molar-refractivity contribution in [2.24, 2.45) is 0 Å². The van der Waals surface area contributed by atoms with Gasteiger partial charge in [-0.05, 0) is 32.0 Å². The van der Waals surface area contributed by atoms with E-state index in [4.69, 9.17) is 10.4 Å². The molecule has 126 valence electrons. The highest BCUT2D eigenvalue weighted by atomic mass is 32.2. The molecule has 0 spiro atoms. The molecule has 1 rings (SSSR count). The number of nitriles is 1. The van der Waals surface area contributed by atoms with E-state index in [0.29, 0.717) is 22.5 Å². The second-order valence-corrected chi connectivity index (χ2v) is 6.75. The van der Waals surface area contributed by atoms with Gasteiger partial charge in [-0.25, -0.2) is 8.42 Å². The number of carbonyl (C=O) groups is 1. The Kier molecular flexibility index (Phi) is 5.39. The van der Waals surface area contributed by atoms with Crippen LogP contribution in [-0.4, -0.2) is 36.4 Å². The number of alkyl halides is 3. The zero-order valence-electron chi connectivity index (χ0n) is 12.1. The minimum Gasteiger partial charge on any atom is -0.480 e. The molecule has 0 amide bonds. The third-order valence-corrected chi connectivity index (χ3v) is 4.91. The van der Waals surface area contributed by atoms with E-state index in [2.05, 4.69) is 0 Å². The number of aliphatic carboxylic acids is 1. The van der Waals surface area contributed by atoms with Crippen LogP contribution in [0.25, 0.3) is 0 Å². The van der Waals surface area contributed by atoms with Crippen molar-refractivity contribution in [3.63, 3.8) is 0 Å². The van der Waals surface area contributed by atoms with E-state index in [9.17, 15) is 26.4 Å². The molecule has 6 nitrogen and oxygen atoms in total. The lowest BCUT2D eigenvalue weighted by atomic mass is 10.1. The van der Waals surface area contributed by atoms with Crippen molar-refractivity contribution in [1.82, 2.24) is 4.31 Å². The zero-order chi connectivity index (χ0) is 18.0. The summed E-state index contributed by atoms with van der Waals surface area (Å²) in [7, 11) is -4.36. The fourth-order valence-corrected chi connectivity index (χ4v) is 3.45. The molecule has 0 aromatic heterocycles. The van der Waals surface area contributed by atoms with Crippen LogP contribution in [0.3, 0.4) is 0 Å². The molecule has 0 heterocycles. The van der Waals surface area contributed by atoms with Crippen LogP contribution in [0.5, 0.6) is 0 Å². The molecule has 0 aliphatic heterocycles. The summed E-state index contributed by atoms with van der Waals surface area (Å²) in [6.07, 6.45) is -4.80. The minimum absolute atomic E-state index is 0.491. The average Bonchev–Trinajstić information content (AvgIpc) is 2.42. The van der Waals surface area contributed by atoms with Crippen molar-refractivity contribution in [2.75, 3.05) is 6.54 Å². The number of halogens is 3. The molecule has 0 saturated heterocycles. The monoisotopic (exact) mass is 350 g/mol. The van der Waals surface area contributed by atoms with Crippen molar-refractivity contribution < 1.29 is 31.5 Å². The highest BCUT2D eigenvalue weighted by Crippen LogP contribution is 2.33. The van der Waals surface area contributed by atoms with Gasteiger partial charge in [-0.2, -0.15) is 22.7 Å². The molecular formula is C13H13F3N2O4S. The zero-order valence-corrected chi connectivity index (χ0v) is 12.9. The summed E-state index contributed by atoms with van der Waals surface area (Å²) in [5.41, 5.74) is -2.11. The van der Waals surface area contributed by atoms with Gasteiger partial charge >= 0.3 is 12.1 Å². The standard InChI is InChI=1S/C13H13F3N2O4S/c1-8(2)18(7-12(19)20)23(21,22)10-3-4-11(13(14,15)16)9(5-10)6-17/h3-5,8H,7H2,1-2H3,(H,19,20). The highest BCUT2D eigenvalue weighted by molar-refractivity contribution is 7.89. The Bertz CT molecular complexity index is 751. The van der Waals surface area contributed by atoms with Gasteiger partial charge in [0, 0.05) is 6.04 Å². The largest absolute Gasteiger partial charge is 0.480 e. The summed E-state index contributed by atoms with van der Waals surface area (Å²) in [5, 5.41) is 17.6. The van der Waals surface area contributed by atoms with Crippen molar-refractivity contribution in [3.05, 3.63) is 29.3 Å². The number of hydrogen-bond acceptors (Lipinski definition) is 4. The first-order valence-corrected chi connectivity index (χ1v) is 7.70. The maximum Gasteiger partial charge on any atom is 0.417 e. The van der Waals surface area contributed by atoms with Crippen molar-refractivity contribution >= 4 is 16.0 Å². The van der Waals surface area contributed by atoms with Gasteiger partial charge in [-0.1, -0.05) is 0 Å². The number of sulfonamides is 1. The summed E-state index contributed by atoms with van der Waals surface area (Å²) >= 11 is 0. The second-order valence-electron chi connectivity index (χ2n) is 4.85. The Balaban J connectivity index is 3.45. The van der Waals surface area contributed by atoms with Gasteiger partial charge in [-0.3, -0.25) is 4.79 Å². The molecule has 1 aromatic carbocycles. The van der Waals surface area contributed by atoms with E-state index in [0.717, 1.165) is 0 Å². The molecule has 0 radical (unpaired) electrons. The quantitative estimate of drug-likeness (QED) is 0.876. The number of carboxylic acids is 1. The SMILES string of the molecule is CC(C)N(CC(=O)O)S(=O)(=O)c1ccc(C(F)(F)F)c(C#N)c1. The third-order valence-electron chi connectivity index (χ3n) is 2.89. The van der Waals surface area contributed by atoms with Gasteiger partial charge in [0.25, 0.3) is 0 Å². The maximum atomic E-state index is 12.7. The van der Waals surface area contributed by atoms with Crippen LogP contribution in [0.2, 0.25) is 0 Å². The maximum absolute atomic E-state index is 12.7. The molecule has 0 atom stereocenters. The molecule has 0 unspecified atom stereocenters. The molecule has 0 saturated carbocycles. The first-order chi connectivity index (χ1) is 10.4. The summed E-state index contributed by atoms with van der Waals surface area (Å²) in [6, 6.07) is 2.36. The fourth-order valence-electron chi connectivity index (χ4n) is 1.84. The lowest BCUT2D eigenvalue weighted by molar-refractivity contribution is -0.138. The normalized spacial score (nSPS) is 12.4. The summed E-state index contributed by atoms with van der Waals surface area (Å²) in [4.78, 5) is 10.2. The Hall–Kier alpha value is -2.12. The van der Waals surface area contributed by atoms with Crippen LogP contribution in [-0.2, 0) is 21.0 Å². The smallest absolute Gasteiger partial charge is 0.417 e. The van der Waals surface area contributed by atoms with Gasteiger partial charge in [0.05, 0.1) is 22.1 Å². The summed E-state index contributed by atoms with van der Waals surface area (Å²) < 4.78 is 63.6. The predicted octanol–water partition coefficient (Wildman–Crippen LogP) is 2.06. The first-order valence-electron chi connectivity index (χ1n) is 6.26. The van der Waals surface area contributed by atoms with Gasteiger partial charge < -0.3 is 5.11 Å².